The summed E-state index contributed by atoms with van der Waals surface area (Å²) in [5.74, 6) is 0. The van der Waals surface area contributed by atoms with Crippen molar-refractivity contribution in [2.45, 2.75) is 13.5 Å². The molecule has 0 saturated heterocycles. The van der Waals surface area contributed by atoms with E-state index in [0.717, 1.165) is 13.1 Å². The normalized spacial score (nSPS) is 11.5. The monoisotopic (exact) mass is 237 g/mol. The number of benzene rings is 2. The molecule has 0 aliphatic rings. The Hall–Kier alpha value is -1.86. The van der Waals surface area contributed by atoms with Crippen molar-refractivity contribution >= 4 is 6.08 Å². The summed E-state index contributed by atoms with van der Waals surface area (Å²) < 4.78 is 0. The van der Waals surface area contributed by atoms with E-state index in [1.807, 2.05) is 12.1 Å². The second-order valence-electron chi connectivity index (χ2n) is 4.49. The molecule has 0 fully saturated rings. The average molecular weight is 237 g/mol. The molecule has 2 rings (SSSR count). The van der Waals surface area contributed by atoms with Crippen LogP contribution in [0.1, 0.15) is 18.1 Å². The van der Waals surface area contributed by atoms with E-state index in [1.165, 1.54) is 16.7 Å². The minimum atomic E-state index is 0.917. The molecule has 0 aromatic heterocycles. The number of hydrogen-bond acceptors (Lipinski definition) is 1. The van der Waals surface area contributed by atoms with Gasteiger partial charge < -0.3 is 5.32 Å². The zero-order chi connectivity index (χ0) is 12.6. The highest BCUT2D eigenvalue weighted by Crippen LogP contribution is 2.05. The van der Waals surface area contributed by atoms with E-state index in [2.05, 4.69) is 66.8 Å². The molecule has 0 aliphatic carbocycles. The van der Waals surface area contributed by atoms with Crippen LogP contribution in [0.4, 0.5) is 0 Å². The minimum absolute atomic E-state index is 0.917. The van der Waals surface area contributed by atoms with Crippen LogP contribution in [0.15, 0.2) is 66.2 Å². The summed E-state index contributed by atoms with van der Waals surface area (Å²) in [5.41, 5.74) is 3.93. The predicted molar refractivity (Wildman–Crippen MR) is 78.2 cm³/mol. The lowest BCUT2D eigenvalue weighted by Gasteiger charge is -2.05. The first-order valence-electron chi connectivity index (χ1n) is 6.31. The van der Waals surface area contributed by atoms with Crippen molar-refractivity contribution in [3.05, 3.63) is 77.4 Å². The average Bonchev–Trinajstić information content (AvgIpc) is 2.41. The van der Waals surface area contributed by atoms with Gasteiger partial charge in [-0.25, -0.2) is 0 Å². The molecule has 0 unspecified atom stereocenters. The molecule has 1 N–H and O–H groups in total. The highest BCUT2D eigenvalue weighted by Gasteiger charge is 1.93. The maximum absolute atomic E-state index is 3.45. The van der Waals surface area contributed by atoms with Crippen molar-refractivity contribution in [2.75, 3.05) is 6.54 Å². The molecule has 2 aromatic rings. The quantitative estimate of drug-likeness (QED) is 0.832. The van der Waals surface area contributed by atoms with Gasteiger partial charge in [-0.15, -0.1) is 0 Å². The van der Waals surface area contributed by atoms with Gasteiger partial charge >= 0.3 is 0 Å². The van der Waals surface area contributed by atoms with Crippen LogP contribution in [0.25, 0.3) is 6.08 Å². The molecule has 0 saturated carbocycles. The second kappa shape index (κ2) is 6.77. The minimum Gasteiger partial charge on any atom is -0.309 e. The topological polar surface area (TPSA) is 12.0 Å². The SMILES string of the molecule is CC(=Cc1ccccc1)CNCc1ccccc1. The zero-order valence-corrected chi connectivity index (χ0v) is 10.8. The second-order valence-corrected chi connectivity index (χ2v) is 4.49. The smallest absolute Gasteiger partial charge is 0.0208 e. The number of rotatable bonds is 5. The Kier molecular flexibility index (Phi) is 4.74. The van der Waals surface area contributed by atoms with Gasteiger partial charge in [-0.3, -0.25) is 0 Å². The first-order valence-corrected chi connectivity index (χ1v) is 6.31. The zero-order valence-electron chi connectivity index (χ0n) is 10.8. The molecule has 0 heterocycles. The Labute approximate surface area is 109 Å². The van der Waals surface area contributed by atoms with Crippen LogP contribution in [0.5, 0.6) is 0 Å². The summed E-state index contributed by atoms with van der Waals surface area (Å²) in [4.78, 5) is 0. The van der Waals surface area contributed by atoms with Crippen molar-refractivity contribution in [1.29, 1.82) is 0 Å². The van der Waals surface area contributed by atoms with Gasteiger partial charge in [0.2, 0.25) is 0 Å². The summed E-state index contributed by atoms with van der Waals surface area (Å²) in [6.07, 6.45) is 2.22. The van der Waals surface area contributed by atoms with Gasteiger partial charge in [0.05, 0.1) is 0 Å². The predicted octanol–water partition coefficient (Wildman–Crippen LogP) is 3.88. The van der Waals surface area contributed by atoms with Gasteiger partial charge in [-0.1, -0.05) is 72.3 Å². The van der Waals surface area contributed by atoms with Crippen LogP contribution in [0.2, 0.25) is 0 Å². The highest BCUT2D eigenvalue weighted by molar-refractivity contribution is 5.52. The summed E-state index contributed by atoms with van der Waals surface area (Å²) in [7, 11) is 0. The Morgan fingerprint density at radius 3 is 2.22 bits per heavy atom. The van der Waals surface area contributed by atoms with Gasteiger partial charge in [-0.2, -0.15) is 0 Å². The van der Waals surface area contributed by atoms with Crippen LogP contribution in [-0.4, -0.2) is 6.54 Å². The van der Waals surface area contributed by atoms with E-state index in [4.69, 9.17) is 0 Å². The van der Waals surface area contributed by atoms with Gasteiger partial charge in [0.15, 0.2) is 0 Å². The van der Waals surface area contributed by atoms with Gasteiger partial charge in [0.25, 0.3) is 0 Å². The molecular weight excluding hydrogens is 218 g/mol. The molecule has 0 radical (unpaired) electrons. The molecule has 1 heteroatoms. The Morgan fingerprint density at radius 2 is 1.56 bits per heavy atom. The van der Waals surface area contributed by atoms with E-state index in [1.54, 1.807) is 0 Å². The fraction of sp³-hybridized carbons (Fsp3) is 0.176. The van der Waals surface area contributed by atoms with Crippen LogP contribution >= 0.6 is 0 Å². The third kappa shape index (κ3) is 4.19. The van der Waals surface area contributed by atoms with Crippen molar-refractivity contribution in [3.63, 3.8) is 0 Å². The Bertz CT molecular complexity index is 486. The van der Waals surface area contributed by atoms with E-state index < -0.39 is 0 Å². The highest BCUT2D eigenvalue weighted by atomic mass is 14.8. The van der Waals surface area contributed by atoms with Crippen LogP contribution in [-0.2, 0) is 6.54 Å². The third-order valence-corrected chi connectivity index (χ3v) is 2.79. The maximum Gasteiger partial charge on any atom is 0.0208 e. The molecular formula is C17H19N. The summed E-state index contributed by atoms with van der Waals surface area (Å²) in [5, 5.41) is 3.45. The summed E-state index contributed by atoms with van der Waals surface area (Å²) in [6.45, 7) is 4.00. The largest absolute Gasteiger partial charge is 0.309 e. The number of nitrogens with one attached hydrogen (secondary N) is 1. The van der Waals surface area contributed by atoms with Crippen molar-refractivity contribution in [3.8, 4) is 0 Å². The lowest BCUT2D eigenvalue weighted by Crippen LogP contribution is -2.15. The fourth-order valence-electron chi connectivity index (χ4n) is 1.88. The van der Waals surface area contributed by atoms with Crippen molar-refractivity contribution in [1.82, 2.24) is 5.32 Å². The van der Waals surface area contributed by atoms with Crippen LogP contribution in [0, 0.1) is 0 Å². The van der Waals surface area contributed by atoms with E-state index in [-0.39, 0.29) is 0 Å². The molecule has 18 heavy (non-hydrogen) atoms. The van der Waals surface area contributed by atoms with E-state index in [9.17, 15) is 0 Å². The summed E-state index contributed by atoms with van der Waals surface area (Å²) in [6, 6.07) is 20.9. The van der Waals surface area contributed by atoms with Crippen molar-refractivity contribution < 1.29 is 0 Å². The standard InChI is InChI=1S/C17H19N/c1-15(12-16-8-4-2-5-9-16)13-18-14-17-10-6-3-7-11-17/h2-12,18H,13-14H2,1H3. The van der Waals surface area contributed by atoms with Gasteiger partial charge in [0, 0.05) is 13.1 Å². The molecule has 0 aliphatic heterocycles. The maximum atomic E-state index is 3.45. The summed E-state index contributed by atoms with van der Waals surface area (Å²) >= 11 is 0. The fourth-order valence-corrected chi connectivity index (χ4v) is 1.88. The Morgan fingerprint density at radius 1 is 0.944 bits per heavy atom. The van der Waals surface area contributed by atoms with Gasteiger partial charge in [-0.05, 0) is 18.1 Å². The Balaban J connectivity index is 1.82. The van der Waals surface area contributed by atoms with Crippen molar-refractivity contribution in [2.24, 2.45) is 0 Å². The molecule has 0 atom stereocenters. The molecule has 92 valence electrons. The molecule has 0 amide bonds. The first-order chi connectivity index (χ1) is 8.84. The molecule has 0 spiro atoms. The molecule has 1 nitrogen and oxygen atoms in total. The van der Waals surface area contributed by atoms with E-state index in [0.29, 0.717) is 0 Å². The van der Waals surface area contributed by atoms with E-state index >= 15 is 0 Å². The van der Waals surface area contributed by atoms with Crippen LogP contribution < -0.4 is 5.32 Å². The van der Waals surface area contributed by atoms with Gasteiger partial charge in [0.1, 0.15) is 0 Å². The lowest BCUT2D eigenvalue weighted by atomic mass is 10.1. The first kappa shape index (κ1) is 12.6. The van der Waals surface area contributed by atoms with Crippen LogP contribution in [0.3, 0.4) is 0 Å². The lowest BCUT2D eigenvalue weighted by molar-refractivity contribution is 0.742. The molecule has 0 bridgehead atoms. The molecule has 2 aromatic carbocycles. The number of hydrogen-bond donors (Lipinski definition) is 1. The third-order valence-electron chi connectivity index (χ3n) is 2.79.